The van der Waals surface area contributed by atoms with Gasteiger partial charge in [-0.2, -0.15) is 5.10 Å². The first-order valence-corrected chi connectivity index (χ1v) is 11.3. The van der Waals surface area contributed by atoms with Gasteiger partial charge in [-0.05, 0) is 30.7 Å². The second kappa shape index (κ2) is 9.06. The Hall–Kier alpha value is -4.46. The van der Waals surface area contributed by atoms with E-state index in [4.69, 9.17) is 9.52 Å². The van der Waals surface area contributed by atoms with Crippen LogP contribution in [0.1, 0.15) is 42.2 Å². The Morgan fingerprint density at radius 2 is 1.83 bits per heavy atom. The second-order valence-corrected chi connectivity index (χ2v) is 8.53. The number of furan rings is 1. The largest absolute Gasteiger partial charge is 0.481 e. The predicted molar refractivity (Wildman–Crippen MR) is 131 cm³/mol. The summed E-state index contributed by atoms with van der Waals surface area (Å²) in [6.07, 6.45) is 1.25. The fourth-order valence-electron chi connectivity index (χ4n) is 4.46. The first-order chi connectivity index (χ1) is 16.9. The lowest BCUT2D eigenvalue weighted by Crippen LogP contribution is -2.27. The minimum atomic E-state index is -1.07. The summed E-state index contributed by atoms with van der Waals surface area (Å²) in [7, 11) is 0. The molecule has 8 heteroatoms. The Labute approximate surface area is 200 Å². The fourth-order valence-corrected chi connectivity index (χ4v) is 4.46. The number of aromatic amines is 1. The van der Waals surface area contributed by atoms with Gasteiger partial charge in [0.05, 0.1) is 24.0 Å². The SMILES string of the molecule is Cc1ccc(-c2c(C3=NN(C(=O)CCC(=O)O)[C@@H](c4ccco4)C3)c(=O)[nH]c3ccccc23)cc1. The summed E-state index contributed by atoms with van der Waals surface area (Å²) in [4.78, 5) is 40.4. The van der Waals surface area contributed by atoms with Crippen molar-refractivity contribution in [2.75, 3.05) is 0 Å². The summed E-state index contributed by atoms with van der Waals surface area (Å²) < 4.78 is 5.57. The molecule has 1 aliphatic heterocycles. The Kier molecular flexibility index (Phi) is 5.78. The molecule has 1 amide bonds. The average molecular weight is 469 g/mol. The zero-order valence-electron chi connectivity index (χ0n) is 19.0. The van der Waals surface area contributed by atoms with E-state index < -0.39 is 17.9 Å². The number of aliphatic carboxylic acids is 1. The van der Waals surface area contributed by atoms with Crippen molar-refractivity contribution in [1.82, 2.24) is 9.99 Å². The number of carbonyl (C=O) groups excluding carboxylic acids is 1. The third kappa shape index (κ3) is 4.26. The quantitative estimate of drug-likeness (QED) is 0.427. The number of aryl methyl sites for hydroxylation is 1. The monoisotopic (exact) mass is 469 g/mol. The summed E-state index contributed by atoms with van der Waals surface area (Å²) in [6, 6.07) is 18.4. The summed E-state index contributed by atoms with van der Waals surface area (Å²) in [6.45, 7) is 2.00. The van der Waals surface area contributed by atoms with Gasteiger partial charge in [-0.3, -0.25) is 14.4 Å². The topological polar surface area (TPSA) is 116 Å². The molecule has 3 heterocycles. The van der Waals surface area contributed by atoms with E-state index in [0.717, 1.165) is 22.1 Å². The van der Waals surface area contributed by atoms with Crippen LogP contribution in [-0.4, -0.2) is 32.7 Å². The van der Waals surface area contributed by atoms with Gasteiger partial charge in [0.25, 0.3) is 5.56 Å². The van der Waals surface area contributed by atoms with Crippen LogP contribution in [0.4, 0.5) is 0 Å². The lowest BCUT2D eigenvalue weighted by molar-refractivity contribution is -0.141. The molecule has 8 nitrogen and oxygen atoms in total. The van der Waals surface area contributed by atoms with Crippen LogP contribution in [0.15, 0.2) is 81.2 Å². The van der Waals surface area contributed by atoms with Crippen LogP contribution in [0.2, 0.25) is 0 Å². The number of nitrogens with one attached hydrogen (secondary N) is 1. The Morgan fingerprint density at radius 1 is 1.06 bits per heavy atom. The maximum absolute atomic E-state index is 13.4. The molecule has 0 aliphatic carbocycles. The van der Waals surface area contributed by atoms with E-state index in [-0.39, 0.29) is 24.8 Å². The lowest BCUT2D eigenvalue weighted by atomic mass is 9.91. The summed E-state index contributed by atoms with van der Waals surface area (Å²) in [5, 5.41) is 15.7. The molecule has 2 N–H and O–H groups in total. The molecule has 2 aromatic carbocycles. The van der Waals surface area contributed by atoms with Crippen LogP contribution in [0.25, 0.3) is 22.0 Å². The standard InChI is InChI=1S/C27H23N3O5/c1-16-8-10-17(11-9-16)25-18-5-2-3-6-19(18)28-27(34)26(25)20-15-21(22-7-4-14-35-22)30(29-20)23(31)12-13-24(32)33/h2-11,14,21H,12-13,15H2,1H3,(H,28,34)(H,32,33)/t21-/m1/s1. The Bertz CT molecular complexity index is 1500. The highest BCUT2D eigenvalue weighted by molar-refractivity contribution is 6.12. The molecule has 0 spiro atoms. The molecule has 1 atom stereocenters. The normalized spacial score (nSPS) is 15.4. The van der Waals surface area contributed by atoms with E-state index in [0.29, 0.717) is 22.6 Å². The number of H-pyrrole nitrogens is 1. The maximum atomic E-state index is 13.4. The van der Waals surface area contributed by atoms with Crippen molar-refractivity contribution < 1.29 is 19.1 Å². The van der Waals surface area contributed by atoms with Crippen molar-refractivity contribution in [3.05, 3.63) is 94.2 Å². The average Bonchev–Trinajstić information content (AvgIpc) is 3.52. The number of hydrogen-bond acceptors (Lipinski definition) is 5. The fraction of sp³-hybridized carbons (Fsp3) is 0.185. The highest BCUT2D eigenvalue weighted by atomic mass is 16.4. The summed E-state index contributed by atoms with van der Waals surface area (Å²) >= 11 is 0. The number of carboxylic acid groups (broad SMARTS) is 1. The van der Waals surface area contributed by atoms with E-state index in [1.54, 1.807) is 12.1 Å². The molecule has 0 saturated heterocycles. The molecule has 5 rings (SSSR count). The molecule has 4 aromatic rings. The molecule has 35 heavy (non-hydrogen) atoms. The number of carbonyl (C=O) groups is 2. The van der Waals surface area contributed by atoms with Gasteiger partial charge in [0.2, 0.25) is 5.91 Å². The van der Waals surface area contributed by atoms with E-state index in [1.165, 1.54) is 11.3 Å². The number of amides is 1. The van der Waals surface area contributed by atoms with Gasteiger partial charge in [-0.25, -0.2) is 5.01 Å². The first kappa shape index (κ1) is 22.3. The number of benzene rings is 2. The van der Waals surface area contributed by atoms with E-state index in [9.17, 15) is 14.4 Å². The third-order valence-corrected chi connectivity index (χ3v) is 6.14. The molecule has 176 valence electrons. The van der Waals surface area contributed by atoms with Crippen LogP contribution in [0, 0.1) is 6.92 Å². The van der Waals surface area contributed by atoms with Crippen molar-refractivity contribution in [2.45, 2.75) is 32.2 Å². The number of rotatable bonds is 6. The molecule has 0 fully saturated rings. The van der Waals surface area contributed by atoms with Gasteiger partial charge in [0.15, 0.2) is 0 Å². The van der Waals surface area contributed by atoms with Crippen molar-refractivity contribution in [2.24, 2.45) is 5.10 Å². The van der Waals surface area contributed by atoms with Gasteiger partial charge in [-0.15, -0.1) is 0 Å². The van der Waals surface area contributed by atoms with Gasteiger partial charge >= 0.3 is 5.97 Å². The van der Waals surface area contributed by atoms with Crippen molar-refractivity contribution in [1.29, 1.82) is 0 Å². The van der Waals surface area contributed by atoms with Crippen LogP contribution in [-0.2, 0) is 9.59 Å². The molecule has 1 aliphatic rings. The number of hydrogen-bond donors (Lipinski definition) is 2. The molecular weight excluding hydrogens is 446 g/mol. The van der Waals surface area contributed by atoms with Crippen LogP contribution in [0.5, 0.6) is 0 Å². The zero-order valence-corrected chi connectivity index (χ0v) is 19.0. The highest BCUT2D eigenvalue weighted by Gasteiger charge is 2.36. The van der Waals surface area contributed by atoms with Crippen LogP contribution >= 0.6 is 0 Å². The van der Waals surface area contributed by atoms with Crippen LogP contribution < -0.4 is 5.56 Å². The number of pyridine rings is 1. The Balaban J connectivity index is 1.68. The Morgan fingerprint density at radius 3 is 2.54 bits per heavy atom. The number of nitrogens with zero attached hydrogens (tertiary/aromatic N) is 2. The second-order valence-electron chi connectivity index (χ2n) is 8.53. The van der Waals surface area contributed by atoms with Gasteiger partial charge < -0.3 is 14.5 Å². The molecule has 0 bridgehead atoms. The van der Waals surface area contributed by atoms with Gasteiger partial charge in [-0.1, -0.05) is 48.0 Å². The van der Waals surface area contributed by atoms with E-state index >= 15 is 0 Å². The molecular formula is C27H23N3O5. The molecule has 0 saturated carbocycles. The number of para-hydroxylation sites is 1. The van der Waals surface area contributed by atoms with Crippen molar-refractivity contribution in [3.8, 4) is 11.1 Å². The minimum Gasteiger partial charge on any atom is -0.481 e. The van der Waals surface area contributed by atoms with E-state index in [1.807, 2.05) is 55.5 Å². The van der Waals surface area contributed by atoms with Gasteiger partial charge in [0, 0.05) is 29.3 Å². The minimum absolute atomic E-state index is 0.206. The molecule has 0 unspecified atom stereocenters. The number of fused-ring (bicyclic) bond motifs is 1. The lowest BCUT2D eigenvalue weighted by Gasteiger charge is -2.19. The number of hydrazone groups is 1. The van der Waals surface area contributed by atoms with E-state index in [2.05, 4.69) is 10.1 Å². The first-order valence-electron chi connectivity index (χ1n) is 11.3. The summed E-state index contributed by atoms with van der Waals surface area (Å²) in [5.41, 5.74) is 3.91. The number of aromatic nitrogens is 1. The maximum Gasteiger partial charge on any atom is 0.303 e. The van der Waals surface area contributed by atoms with Crippen LogP contribution in [0.3, 0.4) is 0 Å². The molecule has 2 aromatic heterocycles. The number of carboxylic acids is 1. The smallest absolute Gasteiger partial charge is 0.303 e. The van der Waals surface area contributed by atoms with Crippen molar-refractivity contribution in [3.63, 3.8) is 0 Å². The third-order valence-electron chi connectivity index (χ3n) is 6.14. The zero-order chi connectivity index (χ0) is 24.5. The van der Waals surface area contributed by atoms with Crippen molar-refractivity contribution >= 4 is 28.5 Å². The predicted octanol–water partition coefficient (Wildman–Crippen LogP) is 4.64. The molecule has 0 radical (unpaired) electrons. The summed E-state index contributed by atoms with van der Waals surface area (Å²) in [5.74, 6) is -0.997. The van der Waals surface area contributed by atoms with Gasteiger partial charge in [0.1, 0.15) is 11.8 Å². The highest BCUT2D eigenvalue weighted by Crippen LogP contribution is 2.37.